The number of aromatic nitrogens is 1. The maximum Gasteiger partial charge on any atom is 0.316 e. The third kappa shape index (κ3) is 6.11. The largest absolute Gasteiger partial charge is 0.370 e. The Kier molecular flexibility index (Phi) is 7.00. The van der Waals surface area contributed by atoms with Gasteiger partial charge >= 0.3 is 6.03 Å². The van der Waals surface area contributed by atoms with E-state index in [9.17, 15) is 9.59 Å². The predicted octanol–water partition coefficient (Wildman–Crippen LogP) is 0.904. The number of urea groups is 1. The topological polar surface area (TPSA) is 86.4 Å². The standard InChI is InChI=1S/C14H23N5O2/c1-4-8-15-12-7-5-6-11(18-12)13(20)16-9-10-17-14(21)19(2)3/h5-7H,4,8-10H2,1-3H3,(H,15,18)(H,16,20)(H,17,21). The molecular formula is C14H23N5O2. The minimum absolute atomic E-state index is 0.187. The highest BCUT2D eigenvalue weighted by Crippen LogP contribution is 2.04. The van der Waals surface area contributed by atoms with E-state index in [0.29, 0.717) is 24.6 Å². The molecule has 21 heavy (non-hydrogen) atoms. The van der Waals surface area contributed by atoms with Crippen molar-refractivity contribution in [2.75, 3.05) is 39.0 Å². The minimum atomic E-state index is -0.255. The number of hydrogen-bond acceptors (Lipinski definition) is 4. The molecule has 0 aromatic carbocycles. The average molecular weight is 293 g/mol. The van der Waals surface area contributed by atoms with Crippen molar-refractivity contribution in [2.45, 2.75) is 13.3 Å². The minimum Gasteiger partial charge on any atom is -0.370 e. The van der Waals surface area contributed by atoms with Crippen molar-refractivity contribution in [2.24, 2.45) is 0 Å². The van der Waals surface area contributed by atoms with Crippen LogP contribution < -0.4 is 16.0 Å². The van der Waals surface area contributed by atoms with Crippen LogP contribution >= 0.6 is 0 Å². The summed E-state index contributed by atoms with van der Waals surface area (Å²) in [6.07, 6.45) is 0.990. The van der Waals surface area contributed by atoms with Gasteiger partial charge in [-0.2, -0.15) is 0 Å². The highest BCUT2D eigenvalue weighted by molar-refractivity contribution is 5.92. The maximum absolute atomic E-state index is 11.9. The van der Waals surface area contributed by atoms with Crippen molar-refractivity contribution in [1.29, 1.82) is 0 Å². The molecule has 3 amide bonds. The second kappa shape index (κ2) is 8.78. The van der Waals surface area contributed by atoms with Gasteiger partial charge in [-0.3, -0.25) is 4.79 Å². The Morgan fingerprint density at radius 1 is 1.14 bits per heavy atom. The zero-order valence-corrected chi connectivity index (χ0v) is 12.8. The van der Waals surface area contributed by atoms with E-state index in [1.165, 1.54) is 4.90 Å². The first-order chi connectivity index (χ1) is 10.0. The second-order valence-corrected chi connectivity index (χ2v) is 4.72. The van der Waals surface area contributed by atoms with E-state index in [1.807, 2.05) is 6.07 Å². The van der Waals surface area contributed by atoms with Crippen LogP contribution in [-0.4, -0.2) is 55.6 Å². The van der Waals surface area contributed by atoms with Crippen LogP contribution in [0, 0.1) is 0 Å². The third-order valence-corrected chi connectivity index (χ3v) is 2.63. The van der Waals surface area contributed by atoms with Crippen LogP contribution in [0.2, 0.25) is 0 Å². The predicted molar refractivity (Wildman–Crippen MR) is 82.4 cm³/mol. The lowest BCUT2D eigenvalue weighted by atomic mass is 10.3. The van der Waals surface area contributed by atoms with Crippen molar-refractivity contribution in [3.05, 3.63) is 23.9 Å². The molecule has 0 aliphatic rings. The Bertz CT molecular complexity index is 476. The normalized spacial score (nSPS) is 9.86. The van der Waals surface area contributed by atoms with E-state index < -0.39 is 0 Å². The van der Waals surface area contributed by atoms with Crippen molar-refractivity contribution in [1.82, 2.24) is 20.5 Å². The smallest absolute Gasteiger partial charge is 0.316 e. The Hall–Kier alpha value is -2.31. The van der Waals surface area contributed by atoms with Crippen LogP contribution in [0.4, 0.5) is 10.6 Å². The molecule has 0 aliphatic heterocycles. The van der Waals surface area contributed by atoms with Gasteiger partial charge in [0.2, 0.25) is 0 Å². The molecule has 7 heteroatoms. The van der Waals surface area contributed by atoms with Gasteiger partial charge in [0.1, 0.15) is 11.5 Å². The number of rotatable bonds is 7. The fourth-order valence-corrected chi connectivity index (χ4v) is 1.51. The summed E-state index contributed by atoms with van der Waals surface area (Å²) in [5.41, 5.74) is 0.357. The van der Waals surface area contributed by atoms with Gasteiger partial charge in [0, 0.05) is 33.7 Å². The molecule has 1 aromatic heterocycles. The summed E-state index contributed by atoms with van der Waals surface area (Å²) in [6, 6.07) is 5.08. The molecule has 0 unspecified atom stereocenters. The van der Waals surface area contributed by atoms with Crippen LogP contribution in [0.15, 0.2) is 18.2 Å². The summed E-state index contributed by atoms with van der Waals surface area (Å²) in [4.78, 5) is 28.9. The number of hydrogen-bond donors (Lipinski definition) is 3. The molecule has 0 aliphatic carbocycles. The Morgan fingerprint density at radius 2 is 1.86 bits per heavy atom. The van der Waals surface area contributed by atoms with Crippen LogP contribution in [-0.2, 0) is 0 Å². The van der Waals surface area contributed by atoms with Crippen molar-refractivity contribution in [3.8, 4) is 0 Å². The van der Waals surface area contributed by atoms with Gasteiger partial charge < -0.3 is 20.9 Å². The van der Waals surface area contributed by atoms with E-state index in [4.69, 9.17) is 0 Å². The molecule has 0 fully saturated rings. The molecule has 7 nitrogen and oxygen atoms in total. The highest BCUT2D eigenvalue weighted by atomic mass is 16.2. The molecule has 0 saturated heterocycles. The van der Waals surface area contributed by atoms with Gasteiger partial charge in [-0.1, -0.05) is 13.0 Å². The summed E-state index contributed by atoms with van der Waals surface area (Å²) >= 11 is 0. The molecule has 116 valence electrons. The van der Waals surface area contributed by atoms with Gasteiger partial charge in [-0.05, 0) is 18.6 Å². The summed E-state index contributed by atoms with van der Waals surface area (Å²) < 4.78 is 0. The lowest BCUT2D eigenvalue weighted by molar-refractivity contribution is 0.0949. The number of pyridine rings is 1. The van der Waals surface area contributed by atoms with Gasteiger partial charge in [0.25, 0.3) is 5.91 Å². The monoisotopic (exact) mass is 293 g/mol. The first-order valence-electron chi connectivity index (χ1n) is 6.99. The Morgan fingerprint density at radius 3 is 2.52 bits per heavy atom. The van der Waals surface area contributed by atoms with Crippen LogP contribution in [0.3, 0.4) is 0 Å². The lowest BCUT2D eigenvalue weighted by Crippen LogP contribution is -2.39. The van der Waals surface area contributed by atoms with Gasteiger partial charge in [-0.25, -0.2) is 9.78 Å². The Labute approximate surface area is 125 Å². The zero-order chi connectivity index (χ0) is 15.7. The first kappa shape index (κ1) is 16.7. The fraction of sp³-hybridized carbons (Fsp3) is 0.500. The molecule has 1 aromatic rings. The SMILES string of the molecule is CCCNc1cccc(C(=O)NCCNC(=O)N(C)C)n1. The highest BCUT2D eigenvalue weighted by Gasteiger charge is 2.08. The van der Waals surface area contributed by atoms with Crippen molar-refractivity contribution >= 4 is 17.8 Å². The summed E-state index contributed by atoms with van der Waals surface area (Å²) in [5.74, 6) is 0.430. The quantitative estimate of drug-likeness (QED) is 0.652. The number of anilines is 1. The van der Waals surface area contributed by atoms with E-state index >= 15 is 0 Å². The van der Waals surface area contributed by atoms with Crippen LogP contribution in [0.1, 0.15) is 23.8 Å². The lowest BCUT2D eigenvalue weighted by Gasteiger charge is -2.12. The molecule has 1 heterocycles. The molecule has 0 bridgehead atoms. The molecule has 0 spiro atoms. The number of nitrogens with zero attached hydrogens (tertiary/aromatic N) is 2. The summed E-state index contributed by atoms with van der Waals surface area (Å²) in [7, 11) is 3.32. The Balaban J connectivity index is 2.39. The van der Waals surface area contributed by atoms with Crippen LogP contribution in [0.25, 0.3) is 0 Å². The van der Waals surface area contributed by atoms with E-state index in [2.05, 4.69) is 27.9 Å². The maximum atomic E-state index is 11.9. The molecule has 3 N–H and O–H groups in total. The fourth-order valence-electron chi connectivity index (χ4n) is 1.51. The number of amides is 3. The number of carbonyl (C=O) groups is 2. The van der Waals surface area contributed by atoms with E-state index in [1.54, 1.807) is 26.2 Å². The molecule has 0 radical (unpaired) electrons. The average Bonchev–Trinajstić information content (AvgIpc) is 2.49. The van der Waals surface area contributed by atoms with Crippen molar-refractivity contribution < 1.29 is 9.59 Å². The third-order valence-electron chi connectivity index (χ3n) is 2.63. The zero-order valence-electron chi connectivity index (χ0n) is 12.8. The number of nitrogens with one attached hydrogen (secondary N) is 3. The first-order valence-corrected chi connectivity index (χ1v) is 6.99. The van der Waals surface area contributed by atoms with Crippen LogP contribution in [0.5, 0.6) is 0 Å². The number of carbonyl (C=O) groups excluding carboxylic acids is 2. The summed E-state index contributed by atoms with van der Waals surface area (Å²) in [5, 5.41) is 8.51. The van der Waals surface area contributed by atoms with Gasteiger partial charge in [0.05, 0.1) is 0 Å². The van der Waals surface area contributed by atoms with E-state index in [0.717, 1.165) is 13.0 Å². The van der Waals surface area contributed by atoms with E-state index in [-0.39, 0.29) is 11.9 Å². The second-order valence-electron chi connectivity index (χ2n) is 4.72. The van der Waals surface area contributed by atoms with Gasteiger partial charge in [0.15, 0.2) is 0 Å². The van der Waals surface area contributed by atoms with Crippen molar-refractivity contribution in [3.63, 3.8) is 0 Å². The molecule has 0 saturated carbocycles. The van der Waals surface area contributed by atoms with Gasteiger partial charge in [-0.15, -0.1) is 0 Å². The molecular weight excluding hydrogens is 270 g/mol. The molecule has 0 atom stereocenters. The summed E-state index contributed by atoms with van der Waals surface area (Å²) in [6.45, 7) is 3.60. The molecule has 1 rings (SSSR count).